The molecule has 0 aliphatic rings. The SMILES string of the molecule is Cc1ccc(NC(=O)Cn2c(=O)n(C)c3c(-c4ccc(OCc5ncn[nH]5)nc4)cc(C)cc32)cc1. The maximum Gasteiger partial charge on any atom is 0.329 e. The van der Waals surface area contributed by atoms with Gasteiger partial charge in [0, 0.05) is 36.1 Å². The normalized spacial score (nSPS) is 11.1. The number of pyridine rings is 1. The second-order valence-corrected chi connectivity index (χ2v) is 8.63. The first-order valence-electron chi connectivity index (χ1n) is 11.4. The van der Waals surface area contributed by atoms with Crippen LogP contribution in [0.2, 0.25) is 0 Å². The highest BCUT2D eigenvalue weighted by molar-refractivity contribution is 5.95. The van der Waals surface area contributed by atoms with E-state index in [4.69, 9.17) is 4.74 Å². The molecule has 1 amide bonds. The fourth-order valence-electron chi connectivity index (χ4n) is 4.12. The Labute approximate surface area is 206 Å². The summed E-state index contributed by atoms with van der Waals surface area (Å²) in [5.41, 5.74) is 5.56. The Morgan fingerprint density at radius 2 is 1.86 bits per heavy atom. The van der Waals surface area contributed by atoms with Crippen LogP contribution in [0.25, 0.3) is 22.2 Å². The molecule has 3 heterocycles. The van der Waals surface area contributed by atoms with Crippen molar-refractivity contribution in [3.63, 3.8) is 0 Å². The van der Waals surface area contributed by atoms with Crippen molar-refractivity contribution in [1.82, 2.24) is 29.3 Å². The molecular formula is C26H25N7O3. The number of benzene rings is 2. The molecule has 0 radical (unpaired) electrons. The van der Waals surface area contributed by atoms with E-state index in [0.29, 0.717) is 22.9 Å². The Morgan fingerprint density at radius 1 is 1.06 bits per heavy atom. The lowest BCUT2D eigenvalue weighted by atomic mass is 10.0. The predicted octanol–water partition coefficient (Wildman–Crippen LogP) is 3.35. The van der Waals surface area contributed by atoms with Crippen molar-refractivity contribution < 1.29 is 9.53 Å². The molecule has 0 aliphatic heterocycles. The Morgan fingerprint density at radius 3 is 2.56 bits per heavy atom. The number of H-pyrrole nitrogens is 1. The number of rotatable bonds is 7. The van der Waals surface area contributed by atoms with Gasteiger partial charge in [-0.05, 0) is 49.7 Å². The number of aromatic nitrogens is 6. The number of fused-ring (bicyclic) bond motifs is 1. The van der Waals surface area contributed by atoms with Gasteiger partial charge in [-0.2, -0.15) is 5.10 Å². The highest BCUT2D eigenvalue weighted by Gasteiger charge is 2.18. The van der Waals surface area contributed by atoms with Crippen LogP contribution in [0.3, 0.4) is 0 Å². The minimum absolute atomic E-state index is 0.0976. The van der Waals surface area contributed by atoms with Crippen molar-refractivity contribution in [2.24, 2.45) is 7.05 Å². The van der Waals surface area contributed by atoms with Crippen molar-refractivity contribution in [2.75, 3.05) is 5.32 Å². The third kappa shape index (κ3) is 4.61. The predicted molar refractivity (Wildman–Crippen MR) is 136 cm³/mol. The topological polar surface area (TPSA) is 120 Å². The fraction of sp³-hybridized carbons (Fsp3) is 0.192. The summed E-state index contributed by atoms with van der Waals surface area (Å²) in [4.78, 5) is 34.4. The zero-order valence-electron chi connectivity index (χ0n) is 20.1. The molecule has 3 aromatic heterocycles. The molecule has 2 N–H and O–H groups in total. The van der Waals surface area contributed by atoms with Gasteiger partial charge in [0.2, 0.25) is 11.8 Å². The zero-order valence-corrected chi connectivity index (χ0v) is 20.1. The number of anilines is 1. The molecule has 36 heavy (non-hydrogen) atoms. The molecule has 10 heteroatoms. The molecule has 0 saturated carbocycles. The zero-order chi connectivity index (χ0) is 25.2. The van der Waals surface area contributed by atoms with Crippen LogP contribution in [0.1, 0.15) is 17.0 Å². The Balaban J connectivity index is 1.44. The van der Waals surface area contributed by atoms with Gasteiger partial charge in [-0.1, -0.05) is 17.7 Å². The summed E-state index contributed by atoms with van der Waals surface area (Å²) in [6.45, 7) is 4.07. The lowest BCUT2D eigenvalue weighted by molar-refractivity contribution is -0.116. The van der Waals surface area contributed by atoms with E-state index in [-0.39, 0.29) is 24.7 Å². The molecule has 2 aromatic carbocycles. The summed E-state index contributed by atoms with van der Waals surface area (Å²) in [7, 11) is 1.71. The molecule has 0 spiro atoms. The number of aryl methyl sites for hydroxylation is 3. The maximum atomic E-state index is 13.2. The number of nitrogens with one attached hydrogen (secondary N) is 2. The first kappa shape index (κ1) is 23.0. The molecule has 0 unspecified atom stereocenters. The molecule has 0 bridgehead atoms. The van der Waals surface area contributed by atoms with Gasteiger partial charge < -0.3 is 10.1 Å². The number of hydrogen-bond donors (Lipinski definition) is 2. The highest BCUT2D eigenvalue weighted by atomic mass is 16.5. The second kappa shape index (κ2) is 9.49. The Hall–Kier alpha value is -4.73. The summed E-state index contributed by atoms with van der Waals surface area (Å²) in [5.74, 6) is 0.772. The number of amides is 1. The quantitative estimate of drug-likeness (QED) is 0.366. The van der Waals surface area contributed by atoms with E-state index in [1.807, 2.05) is 56.3 Å². The number of carbonyl (C=O) groups is 1. The van der Waals surface area contributed by atoms with Gasteiger partial charge in [0.1, 0.15) is 19.5 Å². The van der Waals surface area contributed by atoms with Crippen molar-refractivity contribution in [1.29, 1.82) is 0 Å². The van der Waals surface area contributed by atoms with Gasteiger partial charge >= 0.3 is 5.69 Å². The molecular weight excluding hydrogens is 458 g/mol. The number of ether oxygens (including phenoxy) is 1. The van der Waals surface area contributed by atoms with E-state index in [1.54, 1.807) is 23.9 Å². The van der Waals surface area contributed by atoms with Gasteiger partial charge in [-0.3, -0.25) is 19.0 Å². The van der Waals surface area contributed by atoms with Crippen LogP contribution >= 0.6 is 0 Å². The first-order valence-corrected chi connectivity index (χ1v) is 11.4. The van der Waals surface area contributed by atoms with Gasteiger partial charge in [-0.25, -0.2) is 14.8 Å². The molecule has 10 nitrogen and oxygen atoms in total. The minimum atomic E-state index is -0.272. The maximum absolute atomic E-state index is 13.2. The number of nitrogens with zero attached hydrogens (tertiary/aromatic N) is 5. The van der Waals surface area contributed by atoms with Crippen molar-refractivity contribution in [3.05, 3.63) is 88.5 Å². The van der Waals surface area contributed by atoms with E-state index >= 15 is 0 Å². The Bertz CT molecular complexity index is 1580. The smallest absolute Gasteiger partial charge is 0.329 e. The largest absolute Gasteiger partial charge is 0.469 e. The molecule has 0 fully saturated rings. The van der Waals surface area contributed by atoms with E-state index in [1.165, 1.54) is 10.9 Å². The Kier molecular flexibility index (Phi) is 6.07. The van der Waals surface area contributed by atoms with Gasteiger partial charge in [0.25, 0.3) is 0 Å². The number of hydrogen-bond acceptors (Lipinski definition) is 6. The second-order valence-electron chi connectivity index (χ2n) is 8.63. The van der Waals surface area contributed by atoms with E-state index in [9.17, 15) is 9.59 Å². The summed E-state index contributed by atoms with van der Waals surface area (Å²) in [5, 5.41) is 9.40. The number of carbonyl (C=O) groups excluding carboxylic acids is 1. The van der Waals surface area contributed by atoms with Crippen LogP contribution in [-0.2, 0) is 25.0 Å². The van der Waals surface area contributed by atoms with Crippen molar-refractivity contribution in [2.45, 2.75) is 27.0 Å². The number of imidazole rings is 1. The average Bonchev–Trinajstić information content (AvgIpc) is 3.47. The summed E-state index contributed by atoms with van der Waals surface area (Å²) < 4.78 is 8.71. The summed E-state index contributed by atoms with van der Waals surface area (Å²) >= 11 is 0. The molecule has 5 rings (SSSR count). The van der Waals surface area contributed by atoms with Gasteiger partial charge in [0.05, 0.1) is 11.0 Å². The van der Waals surface area contributed by atoms with Crippen LogP contribution in [0.15, 0.2) is 65.8 Å². The lowest BCUT2D eigenvalue weighted by Gasteiger charge is -2.10. The third-order valence-electron chi connectivity index (χ3n) is 5.88. The van der Waals surface area contributed by atoms with Crippen molar-refractivity contribution >= 4 is 22.6 Å². The summed E-state index contributed by atoms with van der Waals surface area (Å²) in [6, 6.07) is 15.1. The van der Waals surface area contributed by atoms with Crippen LogP contribution in [-0.4, -0.2) is 35.2 Å². The fourth-order valence-corrected chi connectivity index (χ4v) is 4.12. The molecule has 0 aliphatic carbocycles. The monoisotopic (exact) mass is 483 g/mol. The minimum Gasteiger partial charge on any atom is -0.469 e. The van der Waals surface area contributed by atoms with Gasteiger partial charge in [0.15, 0.2) is 5.82 Å². The molecule has 0 atom stereocenters. The van der Waals surface area contributed by atoms with E-state index < -0.39 is 0 Å². The van der Waals surface area contributed by atoms with Crippen LogP contribution in [0.5, 0.6) is 5.88 Å². The molecule has 182 valence electrons. The number of aromatic amines is 1. The van der Waals surface area contributed by atoms with Crippen LogP contribution in [0.4, 0.5) is 5.69 Å². The van der Waals surface area contributed by atoms with Crippen LogP contribution < -0.4 is 15.7 Å². The summed E-state index contributed by atoms with van der Waals surface area (Å²) in [6.07, 6.45) is 3.12. The van der Waals surface area contributed by atoms with E-state index in [0.717, 1.165) is 27.8 Å². The third-order valence-corrected chi connectivity index (χ3v) is 5.88. The average molecular weight is 484 g/mol. The van der Waals surface area contributed by atoms with Crippen LogP contribution in [0, 0.1) is 13.8 Å². The molecule has 5 aromatic rings. The standard InChI is InChI=1S/C26H25N7O3/c1-16-4-7-19(8-5-16)30-23(34)13-33-21-11-17(2)10-20(25(21)32(3)26(33)35)18-6-9-24(27-12-18)36-14-22-28-15-29-31-22/h4-12,15H,13-14H2,1-3H3,(H,30,34)(H,28,29,31). The van der Waals surface area contributed by atoms with Gasteiger partial charge in [-0.15, -0.1) is 0 Å². The first-order chi connectivity index (χ1) is 17.4. The molecule has 0 saturated heterocycles. The van der Waals surface area contributed by atoms with Crippen molar-refractivity contribution in [3.8, 4) is 17.0 Å². The highest BCUT2D eigenvalue weighted by Crippen LogP contribution is 2.30. The lowest BCUT2D eigenvalue weighted by Crippen LogP contribution is -2.28. The van der Waals surface area contributed by atoms with E-state index in [2.05, 4.69) is 25.5 Å².